The fraction of sp³-hybridized carbons (Fsp3) is 0.917. The molecule has 4 heteroatoms. The summed E-state index contributed by atoms with van der Waals surface area (Å²) in [5, 5.41) is 12.7. The first kappa shape index (κ1) is 15.4. The van der Waals surface area contributed by atoms with Crippen LogP contribution in [0.25, 0.3) is 0 Å². The van der Waals surface area contributed by atoms with Crippen molar-refractivity contribution in [1.82, 2.24) is 5.32 Å². The zero-order chi connectivity index (χ0) is 13.2. The number of hydrogen-bond acceptors (Lipinski definition) is 3. The van der Waals surface area contributed by atoms with Gasteiger partial charge in [-0.3, -0.25) is 4.79 Å². The Labute approximate surface area is 98.6 Å². The number of hydrogen-bond donors (Lipinski definition) is 3. The second kappa shape index (κ2) is 4.72. The van der Waals surface area contributed by atoms with Gasteiger partial charge in [0.1, 0.15) is 0 Å². The Morgan fingerprint density at radius 1 is 1.25 bits per heavy atom. The molecule has 4 nitrogen and oxygen atoms in total. The highest BCUT2D eigenvalue weighted by atomic mass is 16.3. The predicted octanol–water partition coefficient (Wildman–Crippen LogP) is 1.17. The molecule has 0 aromatic rings. The minimum atomic E-state index is -0.995. The molecule has 0 saturated heterocycles. The van der Waals surface area contributed by atoms with Crippen molar-refractivity contribution in [3.05, 3.63) is 0 Å². The maximum atomic E-state index is 12.0. The second-order valence-electron chi connectivity index (χ2n) is 5.81. The van der Waals surface area contributed by atoms with Crippen LogP contribution < -0.4 is 11.1 Å². The summed E-state index contributed by atoms with van der Waals surface area (Å²) in [5.41, 5.74) is 3.34. The molecule has 0 radical (unpaired) electrons. The number of nitrogens with two attached hydrogens (primary N) is 1. The van der Waals surface area contributed by atoms with Gasteiger partial charge < -0.3 is 16.2 Å². The quantitative estimate of drug-likeness (QED) is 0.663. The summed E-state index contributed by atoms with van der Waals surface area (Å²) in [7, 11) is 0. The van der Waals surface area contributed by atoms with Gasteiger partial charge in [-0.05, 0) is 41.0 Å². The SMILES string of the molecule is CCCC(C)(N)C(=O)NC(C)(C)C(C)(C)O. The number of carbonyl (C=O) groups is 1. The van der Waals surface area contributed by atoms with Gasteiger partial charge in [-0.1, -0.05) is 13.3 Å². The summed E-state index contributed by atoms with van der Waals surface area (Å²) < 4.78 is 0. The van der Waals surface area contributed by atoms with E-state index in [1.807, 2.05) is 6.92 Å². The first-order valence-corrected chi connectivity index (χ1v) is 5.78. The normalized spacial score (nSPS) is 16.8. The third-order valence-corrected chi connectivity index (χ3v) is 3.24. The zero-order valence-electron chi connectivity index (χ0n) is 11.3. The van der Waals surface area contributed by atoms with Crippen molar-refractivity contribution in [1.29, 1.82) is 0 Å². The smallest absolute Gasteiger partial charge is 0.240 e. The van der Waals surface area contributed by atoms with Crippen LogP contribution in [0, 0.1) is 0 Å². The lowest BCUT2D eigenvalue weighted by Gasteiger charge is -2.40. The Bertz CT molecular complexity index is 252. The molecule has 0 aliphatic heterocycles. The van der Waals surface area contributed by atoms with Crippen LogP contribution >= 0.6 is 0 Å². The van der Waals surface area contributed by atoms with Crippen LogP contribution in [-0.4, -0.2) is 27.7 Å². The van der Waals surface area contributed by atoms with Crippen molar-refractivity contribution in [2.45, 2.75) is 71.1 Å². The minimum absolute atomic E-state index is 0.221. The van der Waals surface area contributed by atoms with E-state index < -0.39 is 16.7 Å². The van der Waals surface area contributed by atoms with E-state index in [4.69, 9.17) is 5.73 Å². The fourth-order valence-electron chi connectivity index (χ4n) is 1.21. The largest absolute Gasteiger partial charge is 0.388 e. The topological polar surface area (TPSA) is 75.4 Å². The first-order valence-electron chi connectivity index (χ1n) is 5.78. The monoisotopic (exact) mass is 230 g/mol. The van der Waals surface area contributed by atoms with E-state index in [9.17, 15) is 9.90 Å². The van der Waals surface area contributed by atoms with E-state index in [2.05, 4.69) is 5.32 Å². The molecule has 0 saturated carbocycles. The predicted molar refractivity (Wildman–Crippen MR) is 66.0 cm³/mol. The molecule has 0 aliphatic carbocycles. The fourth-order valence-corrected chi connectivity index (χ4v) is 1.21. The van der Waals surface area contributed by atoms with Gasteiger partial charge in [-0.2, -0.15) is 0 Å². The number of rotatable bonds is 5. The molecule has 0 aromatic heterocycles. The van der Waals surface area contributed by atoms with Crippen molar-refractivity contribution in [3.8, 4) is 0 Å². The van der Waals surface area contributed by atoms with Gasteiger partial charge >= 0.3 is 0 Å². The Kier molecular flexibility index (Phi) is 4.54. The van der Waals surface area contributed by atoms with E-state index in [-0.39, 0.29) is 5.91 Å². The molecule has 0 heterocycles. The standard InChI is InChI=1S/C12H26N2O2/c1-7-8-12(6,13)9(15)14-10(2,3)11(4,5)16/h16H,7-8,13H2,1-6H3,(H,14,15). The maximum absolute atomic E-state index is 12.0. The minimum Gasteiger partial charge on any atom is -0.388 e. The summed E-state index contributed by atoms with van der Waals surface area (Å²) in [4.78, 5) is 12.0. The van der Waals surface area contributed by atoms with Crippen molar-refractivity contribution in [2.75, 3.05) is 0 Å². The molecule has 0 spiro atoms. The average molecular weight is 230 g/mol. The molecule has 0 aromatic carbocycles. The molecule has 96 valence electrons. The molecule has 16 heavy (non-hydrogen) atoms. The van der Waals surface area contributed by atoms with Gasteiger partial charge in [0.15, 0.2) is 0 Å². The second-order valence-corrected chi connectivity index (χ2v) is 5.81. The molecule has 0 aliphatic rings. The summed E-state index contributed by atoms with van der Waals surface area (Å²) >= 11 is 0. The number of aliphatic hydroxyl groups is 1. The van der Waals surface area contributed by atoms with Crippen molar-refractivity contribution >= 4 is 5.91 Å². The van der Waals surface area contributed by atoms with Gasteiger partial charge in [0, 0.05) is 0 Å². The van der Waals surface area contributed by atoms with Crippen LogP contribution in [0.1, 0.15) is 54.4 Å². The van der Waals surface area contributed by atoms with Crippen molar-refractivity contribution in [3.63, 3.8) is 0 Å². The first-order chi connectivity index (χ1) is 6.94. The van der Waals surface area contributed by atoms with E-state index >= 15 is 0 Å². The van der Waals surface area contributed by atoms with E-state index in [1.54, 1.807) is 34.6 Å². The summed E-state index contributed by atoms with van der Waals surface area (Å²) in [5.74, 6) is -0.221. The van der Waals surface area contributed by atoms with Gasteiger partial charge in [0.2, 0.25) is 5.91 Å². The number of nitrogens with one attached hydrogen (secondary N) is 1. The molecule has 0 bridgehead atoms. The molecule has 1 atom stereocenters. The maximum Gasteiger partial charge on any atom is 0.240 e. The van der Waals surface area contributed by atoms with E-state index in [0.29, 0.717) is 6.42 Å². The zero-order valence-corrected chi connectivity index (χ0v) is 11.3. The van der Waals surface area contributed by atoms with Gasteiger partial charge in [0.25, 0.3) is 0 Å². The van der Waals surface area contributed by atoms with Gasteiger partial charge in [-0.25, -0.2) is 0 Å². The van der Waals surface area contributed by atoms with Crippen LogP contribution in [0.4, 0.5) is 0 Å². The lowest BCUT2D eigenvalue weighted by molar-refractivity contribution is -0.131. The van der Waals surface area contributed by atoms with E-state index in [0.717, 1.165) is 6.42 Å². The molecular weight excluding hydrogens is 204 g/mol. The van der Waals surface area contributed by atoms with Crippen LogP contribution in [-0.2, 0) is 4.79 Å². The molecule has 4 N–H and O–H groups in total. The van der Waals surface area contributed by atoms with Crippen LogP contribution in [0.5, 0.6) is 0 Å². The molecule has 1 unspecified atom stereocenters. The Hall–Kier alpha value is -0.610. The average Bonchev–Trinajstić information content (AvgIpc) is 2.00. The summed E-state index contributed by atoms with van der Waals surface area (Å²) in [6, 6.07) is 0. The van der Waals surface area contributed by atoms with Gasteiger partial charge in [0.05, 0.1) is 16.7 Å². The summed E-state index contributed by atoms with van der Waals surface area (Å²) in [6.45, 7) is 10.6. The van der Waals surface area contributed by atoms with Crippen LogP contribution in [0.2, 0.25) is 0 Å². The third-order valence-electron chi connectivity index (χ3n) is 3.24. The Balaban J connectivity index is 4.69. The van der Waals surface area contributed by atoms with Crippen LogP contribution in [0.3, 0.4) is 0 Å². The highest BCUT2D eigenvalue weighted by Gasteiger charge is 2.39. The molecule has 0 rings (SSSR count). The van der Waals surface area contributed by atoms with E-state index in [1.165, 1.54) is 0 Å². The third kappa shape index (κ3) is 3.76. The van der Waals surface area contributed by atoms with Gasteiger partial charge in [-0.15, -0.1) is 0 Å². The lowest BCUT2D eigenvalue weighted by Crippen LogP contribution is -2.63. The molecular formula is C12H26N2O2. The highest BCUT2D eigenvalue weighted by Crippen LogP contribution is 2.22. The molecule has 1 amide bonds. The summed E-state index contributed by atoms with van der Waals surface area (Å²) in [6.07, 6.45) is 1.48. The Morgan fingerprint density at radius 3 is 2.00 bits per heavy atom. The van der Waals surface area contributed by atoms with Crippen molar-refractivity contribution in [2.24, 2.45) is 5.73 Å². The molecule has 0 fully saturated rings. The number of carbonyl (C=O) groups excluding carboxylic acids is 1. The van der Waals surface area contributed by atoms with Crippen molar-refractivity contribution < 1.29 is 9.90 Å². The Morgan fingerprint density at radius 2 is 1.69 bits per heavy atom. The number of amides is 1. The van der Waals surface area contributed by atoms with Crippen LogP contribution in [0.15, 0.2) is 0 Å². The lowest BCUT2D eigenvalue weighted by atomic mass is 9.84. The highest BCUT2D eigenvalue weighted by molar-refractivity contribution is 5.86.